The number of nitrogens with one attached hydrogen (secondary N) is 3. The summed E-state index contributed by atoms with van der Waals surface area (Å²) in [6.45, 7) is 5.87. The Balaban J connectivity index is 1.30. The van der Waals surface area contributed by atoms with Gasteiger partial charge in [0.25, 0.3) is 0 Å². The zero-order valence-electron chi connectivity index (χ0n) is 22.0. The van der Waals surface area contributed by atoms with Crippen molar-refractivity contribution >= 4 is 17.7 Å². The molecule has 6 unspecified atom stereocenters. The number of nitrogens with zero attached hydrogens (tertiary/aromatic N) is 2. The molecule has 11 atom stereocenters. The average molecular weight is 552 g/mol. The lowest BCUT2D eigenvalue weighted by atomic mass is 9.85. The molecule has 1 amide bonds. The number of allylic oxidation sites excluding steroid dienone is 1. The minimum absolute atomic E-state index is 0.162. The second-order valence-corrected chi connectivity index (χ2v) is 12.8. The van der Waals surface area contributed by atoms with Crippen LogP contribution in [-0.2, 0) is 14.3 Å². The fourth-order valence-corrected chi connectivity index (χ4v) is 7.69. The van der Waals surface area contributed by atoms with Gasteiger partial charge in [0.1, 0.15) is 35.9 Å². The number of aromatic nitrogens is 3. The van der Waals surface area contributed by atoms with E-state index in [4.69, 9.17) is 9.47 Å². The predicted octanol–water partition coefficient (Wildman–Crippen LogP) is 0.651. The van der Waals surface area contributed by atoms with Crippen molar-refractivity contribution in [2.75, 3.05) is 13.2 Å². The van der Waals surface area contributed by atoms with E-state index in [0.29, 0.717) is 37.0 Å². The van der Waals surface area contributed by atoms with E-state index in [1.807, 2.05) is 12.2 Å². The molecule has 6 N–H and O–H groups in total. The van der Waals surface area contributed by atoms with Gasteiger partial charge >= 0.3 is 0 Å². The van der Waals surface area contributed by atoms with E-state index in [2.05, 4.69) is 39.9 Å². The van der Waals surface area contributed by atoms with Gasteiger partial charge < -0.3 is 35.4 Å². The van der Waals surface area contributed by atoms with Crippen molar-refractivity contribution in [2.45, 2.75) is 99.2 Å². The molecule has 4 aliphatic heterocycles. The molecule has 5 heterocycles. The first kappa shape index (κ1) is 28.0. The normalized spacial score (nSPS) is 42.7. The Morgan fingerprint density at radius 2 is 2.00 bits per heavy atom. The molecule has 0 saturated carbocycles. The molecule has 0 spiro atoms. The Morgan fingerprint density at radius 1 is 1.18 bits per heavy atom. The molecule has 0 aromatic carbocycles. The van der Waals surface area contributed by atoms with Crippen molar-refractivity contribution in [1.82, 2.24) is 26.0 Å². The van der Waals surface area contributed by atoms with Crippen molar-refractivity contribution in [3.63, 3.8) is 0 Å². The third-order valence-corrected chi connectivity index (χ3v) is 9.67. The number of carbonyl (C=O) groups is 1. The number of hydrogen-bond donors (Lipinski definition) is 6. The first-order valence-electron chi connectivity index (χ1n) is 13.8. The number of aliphatic hydroxyl groups excluding tert-OH is 3. The summed E-state index contributed by atoms with van der Waals surface area (Å²) in [5.74, 6) is 1.32. The van der Waals surface area contributed by atoms with Gasteiger partial charge in [0.15, 0.2) is 0 Å². The average Bonchev–Trinajstić information content (AvgIpc) is 3.52. The lowest BCUT2D eigenvalue weighted by molar-refractivity contribution is -0.205. The first-order valence-corrected chi connectivity index (χ1v) is 14.8. The highest BCUT2D eigenvalue weighted by Gasteiger charge is 2.49. The summed E-state index contributed by atoms with van der Waals surface area (Å²) in [4.78, 5) is 13.6. The standard InChI is InChI=1S/C26H41N5O6S/c1-13(2)9-14-7-8-36-23-15(10-14)11-27-19(23)25(35)29-16-5-3-4-6-18(17-12-28-31-30-17)38-26-22(34)20(32)21(33)24(16)37-26/h3-4,12-16,18-24,26-27,32-34H,5-11H2,1-2H3,(H,29,35)(H,28,30,31)/b4-3-/t14-,15-,16+,18-,19?,20?,21?,22?,23+,24?,26?/m0/s1. The van der Waals surface area contributed by atoms with Gasteiger partial charge in [-0.2, -0.15) is 0 Å². The van der Waals surface area contributed by atoms with Crippen LogP contribution in [0.3, 0.4) is 0 Å². The number of rotatable bonds is 5. The van der Waals surface area contributed by atoms with E-state index in [1.165, 1.54) is 18.2 Å². The number of carbonyl (C=O) groups excluding carboxylic acids is 1. The fraction of sp³-hybridized carbons (Fsp3) is 0.808. The number of hydrogen-bond acceptors (Lipinski definition) is 10. The van der Waals surface area contributed by atoms with Crippen LogP contribution in [0.2, 0.25) is 0 Å². The van der Waals surface area contributed by atoms with Gasteiger partial charge in [-0.15, -0.1) is 16.9 Å². The molecular weight excluding hydrogens is 510 g/mol. The van der Waals surface area contributed by atoms with Gasteiger partial charge in [-0.25, -0.2) is 0 Å². The molecule has 38 heavy (non-hydrogen) atoms. The molecule has 2 bridgehead atoms. The van der Waals surface area contributed by atoms with Gasteiger partial charge in [-0.05, 0) is 49.9 Å². The van der Waals surface area contributed by atoms with E-state index in [9.17, 15) is 20.1 Å². The third kappa shape index (κ3) is 6.11. The van der Waals surface area contributed by atoms with Crippen LogP contribution in [0.1, 0.15) is 56.9 Å². The Morgan fingerprint density at radius 3 is 2.76 bits per heavy atom. The second-order valence-electron chi connectivity index (χ2n) is 11.5. The molecule has 0 radical (unpaired) electrons. The van der Waals surface area contributed by atoms with Crippen molar-refractivity contribution in [3.8, 4) is 0 Å². The van der Waals surface area contributed by atoms with E-state index < -0.39 is 41.9 Å². The number of aliphatic hydroxyl groups is 3. The summed E-state index contributed by atoms with van der Waals surface area (Å²) in [5, 5.41) is 49.2. The van der Waals surface area contributed by atoms with Crippen molar-refractivity contribution in [2.24, 2.45) is 17.8 Å². The van der Waals surface area contributed by atoms with Crippen LogP contribution >= 0.6 is 11.8 Å². The maximum absolute atomic E-state index is 13.6. The Labute approximate surface area is 227 Å². The molecular formula is C26H41N5O6S. The molecule has 1 aromatic heterocycles. The summed E-state index contributed by atoms with van der Waals surface area (Å²) in [7, 11) is 0. The van der Waals surface area contributed by atoms with Crippen molar-refractivity contribution in [1.29, 1.82) is 0 Å². The van der Waals surface area contributed by atoms with Gasteiger partial charge in [0.2, 0.25) is 5.91 Å². The van der Waals surface area contributed by atoms with Crippen LogP contribution in [0.5, 0.6) is 0 Å². The topological polar surface area (TPSA) is 162 Å². The van der Waals surface area contributed by atoms with Gasteiger partial charge in [-0.3, -0.25) is 9.89 Å². The maximum atomic E-state index is 13.6. The van der Waals surface area contributed by atoms with Crippen molar-refractivity contribution in [3.05, 3.63) is 24.0 Å². The van der Waals surface area contributed by atoms with Crippen LogP contribution in [0.15, 0.2) is 18.3 Å². The SMILES string of the molecule is CC(C)C[C@@H]1CCO[C@H]2C(C(=O)N[C@@H]3C/C=C\C[C@@H](c4c[nH]nn4)SC4OC3C(O)C(O)C4O)NC[C@@H]2C1. The van der Waals surface area contributed by atoms with Crippen LogP contribution in [0, 0.1) is 17.8 Å². The van der Waals surface area contributed by atoms with Gasteiger partial charge in [0.05, 0.1) is 23.1 Å². The van der Waals surface area contributed by atoms with E-state index in [1.54, 1.807) is 6.20 Å². The number of amides is 1. The number of thioether (sulfide) groups is 1. The number of H-pyrrole nitrogens is 1. The molecule has 3 saturated heterocycles. The van der Waals surface area contributed by atoms with Gasteiger partial charge in [0, 0.05) is 19.3 Å². The fourth-order valence-electron chi connectivity index (χ4n) is 6.38. The molecule has 11 nitrogen and oxygen atoms in total. The molecule has 3 fully saturated rings. The summed E-state index contributed by atoms with van der Waals surface area (Å²) in [5.41, 5.74) is -0.109. The van der Waals surface area contributed by atoms with Gasteiger partial charge in [-0.1, -0.05) is 31.2 Å². The molecule has 212 valence electrons. The monoisotopic (exact) mass is 551 g/mol. The number of ether oxygens (including phenoxy) is 2. The summed E-state index contributed by atoms with van der Waals surface area (Å²) in [6, 6.07) is -1.09. The summed E-state index contributed by atoms with van der Waals surface area (Å²) in [6.07, 6.45) is 4.72. The van der Waals surface area contributed by atoms with E-state index in [-0.39, 0.29) is 23.2 Å². The summed E-state index contributed by atoms with van der Waals surface area (Å²) < 4.78 is 12.4. The first-order chi connectivity index (χ1) is 18.3. The van der Waals surface area contributed by atoms with Crippen molar-refractivity contribution < 1.29 is 29.6 Å². The largest absolute Gasteiger partial charge is 0.388 e. The molecule has 4 aliphatic rings. The molecule has 1 aromatic rings. The zero-order valence-corrected chi connectivity index (χ0v) is 22.8. The minimum Gasteiger partial charge on any atom is -0.388 e. The highest BCUT2D eigenvalue weighted by Crippen LogP contribution is 2.41. The third-order valence-electron chi connectivity index (χ3n) is 8.25. The Bertz CT molecular complexity index is 951. The maximum Gasteiger partial charge on any atom is 0.240 e. The second kappa shape index (κ2) is 12.3. The number of aromatic amines is 1. The predicted molar refractivity (Wildman–Crippen MR) is 141 cm³/mol. The quantitative estimate of drug-likeness (QED) is 0.287. The Kier molecular flexibility index (Phi) is 9.08. The number of fused-ring (bicyclic) bond motifs is 3. The lowest BCUT2D eigenvalue weighted by Gasteiger charge is -2.44. The molecule has 5 rings (SSSR count). The molecule has 0 aliphatic carbocycles. The highest BCUT2D eigenvalue weighted by molar-refractivity contribution is 8.00. The zero-order chi connectivity index (χ0) is 26.8. The smallest absolute Gasteiger partial charge is 0.240 e. The van der Waals surface area contributed by atoms with Crippen LogP contribution in [0.25, 0.3) is 0 Å². The van der Waals surface area contributed by atoms with E-state index in [0.717, 1.165) is 19.4 Å². The Hall–Kier alpha value is -1.54. The highest BCUT2D eigenvalue weighted by atomic mass is 32.2. The van der Waals surface area contributed by atoms with Crippen LogP contribution < -0.4 is 10.6 Å². The summed E-state index contributed by atoms with van der Waals surface area (Å²) >= 11 is 1.32. The minimum atomic E-state index is -1.41. The van der Waals surface area contributed by atoms with Crippen LogP contribution in [0.4, 0.5) is 0 Å². The lowest BCUT2D eigenvalue weighted by Crippen LogP contribution is -2.64. The molecule has 12 heteroatoms. The van der Waals surface area contributed by atoms with E-state index >= 15 is 0 Å². The van der Waals surface area contributed by atoms with Crippen LogP contribution in [-0.4, -0.2) is 97.8 Å².